The van der Waals surface area contributed by atoms with E-state index >= 15 is 0 Å². The molecule has 8 nitrogen and oxygen atoms in total. The first kappa shape index (κ1) is 26.8. The van der Waals surface area contributed by atoms with E-state index in [2.05, 4.69) is 19.2 Å². The number of ether oxygens (including phenoxy) is 2. The number of esters is 1. The second-order valence-electron chi connectivity index (χ2n) is 13.2. The van der Waals surface area contributed by atoms with Crippen LogP contribution in [-0.4, -0.2) is 60.8 Å². The summed E-state index contributed by atoms with van der Waals surface area (Å²) in [5, 5.41) is 2.89. The van der Waals surface area contributed by atoms with E-state index in [4.69, 9.17) is 15.2 Å². The van der Waals surface area contributed by atoms with Crippen LogP contribution in [0.2, 0.25) is 0 Å². The van der Waals surface area contributed by atoms with E-state index in [0.717, 1.165) is 77.3 Å². The molecule has 5 fully saturated rings. The third-order valence-corrected chi connectivity index (χ3v) is 11.8. The van der Waals surface area contributed by atoms with Crippen molar-refractivity contribution in [3.05, 3.63) is 0 Å². The third-order valence-electron chi connectivity index (χ3n) is 11.8. The summed E-state index contributed by atoms with van der Waals surface area (Å²) in [6.45, 7) is 7.52. The maximum atomic E-state index is 13.3. The Morgan fingerprint density at radius 2 is 1.65 bits per heavy atom. The van der Waals surface area contributed by atoms with Crippen molar-refractivity contribution in [2.24, 2.45) is 40.2 Å². The molecule has 0 aromatic rings. The summed E-state index contributed by atoms with van der Waals surface area (Å²) in [6.07, 6.45) is 9.35. The maximum absolute atomic E-state index is 13.3. The summed E-state index contributed by atoms with van der Waals surface area (Å²) < 4.78 is 12.1. The van der Waals surface area contributed by atoms with Crippen LogP contribution in [0.25, 0.3) is 0 Å². The fourth-order valence-corrected chi connectivity index (χ4v) is 9.69. The van der Waals surface area contributed by atoms with Gasteiger partial charge in [0.1, 0.15) is 12.2 Å². The van der Waals surface area contributed by atoms with E-state index < -0.39 is 5.54 Å². The van der Waals surface area contributed by atoms with Gasteiger partial charge in [0.05, 0.1) is 0 Å². The molecule has 0 aromatic carbocycles. The van der Waals surface area contributed by atoms with Gasteiger partial charge in [-0.2, -0.15) is 0 Å². The van der Waals surface area contributed by atoms with Crippen molar-refractivity contribution < 1.29 is 23.9 Å². The van der Waals surface area contributed by atoms with E-state index in [1.165, 1.54) is 6.92 Å². The summed E-state index contributed by atoms with van der Waals surface area (Å²) in [7, 11) is 1.73. The van der Waals surface area contributed by atoms with Crippen LogP contribution >= 0.6 is 0 Å². The van der Waals surface area contributed by atoms with E-state index in [0.29, 0.717) is 18.3 Å². The number of nitrogens with two attached hydrogens (primary N) is 1. The highest BCUT2D eigenvalue weighted by Gasteiger charge is 2.69. The Balaban J connectivity index is 1.45. The first-order chi connectivity index (χ1) is 17.5. The van der Waals surface area contributed by atoms with Crippen LogP contribution in [0.15, 0.2) is 0 Å². The molecule has 0 bridgehead atoms. The molecule has 37 heavy (non-hydrogen) atoms. The molecule has 0 spiro atoms. The van der Waals surface area contributed by atoms with Crippen LogP contribution in [0.5, 0.6) is 0 Å². The summed E-state index contributed by atoms with van der Waals surface area (Å²) in [5.41, 5.74) is 6.54. The highest BCUT2D eigenvalue weighted by molar-refractivity contribution is 5.80. The van der Waals surface area contributed by atoms with Crippen molar-refractivity contribution in [3.8, 4) is 0 Å². The van der Waals surface area contributed by atoms with Gasteiger partial charge in [-0.1, -0.05) is 13.8 Å². The van der Waals surface area contributed by atoms with Crippen molar-refractivity contribution in [3.63, 3.8) is 0 Å². The molecule has 0 radical (unpaired) electrons. The molecule has 4 saturated carbocycles. The maximum Gasteiger partial charge on any atom is 0.410 e. The Labute approximate surface area is 221 Å². The lowest BCUT2D eigenvalue weighted by atomic mass is 9.42. The Hall–Kier alpha value is -1.83. The Morgan fingerprint density at radius 3 is 2.32 bits per heavy atom. The molecule has 9 atom stereocenters. The number of nitrogens with zero attached hydrogens (tertiary/aromatic N) is 1. The summed E-state index contributed by atoms with van der Waals surface area (Å²) in [6, 6.07) is 0. The van der Waals surface area contributed by atoms with E-state index in [1.807, 2.05) is 4.90 Å². The minimum Gasteiger partial charge on any atom is -0.462 e. The number of carbonyl (C=O) groups excluding carboxylic acids is 3. The lowest BCUT2D eigenvalue weighted by Crippen LogP contribution is -2.69. The average molecular weight is 518 g/mol. The average Bonchev–Trinajstić information content (AvgIpc) is 3.15. The Morgan fingerprint density at radius 1 is 0.919 bits per heavy atom. The van der Waals surface area contributed by atoms with Crippen LogP contribution in [0.1, 0.15) is 91.4 Å². The van der Waals surface area contributed by atoms with Gasteiger partial charge in [0, 0.05) is 50.4 Å². The zero-order chi connectivity index (χ0) is 26.6. The molecule has 8 heteroatoms. The number of amides is 2. The molecule has 1 saturated heterocycles. The van der Waals surface area contributed by atoms with Crippen molar-refractivity contribution in [2.45, 2.75) is 109 Å². The number of piperidine rings is 1. The summed E-state index contributed by atoms with van der Waals surface area (Å²) in [4.78, 5) is 39.9. The number of fused-ring (bicyclic) bond motifs is 5. The molecule has 208 valence electrons. The lowest BCUT2D eigenvalue weighted by molar-refractivity contribution is -0.196. The van der Waals surface area contributed by atoms with Crippen LogP contribution in [0.4, 0.5) is 4.79 Å². The van der Waals surface area contributed by atoms with Crippen LogP contribution in [0.3, 0.4) is 0 Å². The standard InChI is InChI=1S/C29H47N3O5/c1-18(33)36-20-16-19-8-9-22-21(10-12-27(2)23(25(34)31-4)11-13-29(22,27)30)28(19,3)24(17-20)37-26(35)32-14-6-5-7-15-32/h19-24H,5-17,30H2,1-4H3,(H,31,34)/t19?,20?,21-,22-,23?,24?,27-,28+,29-/m1/s1. The van der Waals surface area contributed by atoms with Gasteiger partial charge in [0.25, 0.3) is 0 Å². The monoisotopic (exact) mass is 517 g/mol. The van der Waals surface area contributed by atoms with Gasteiger partial charge in [0.2, 0.25) is 5.91 Å². The van der Waals surface area contributed by atoms with Gasteiger partial charge < -0.3 is 25.4 Å². The number of rotatable bonds is 3. The number of hydrogen-bond acceptors (Lipinski definition) is 6. The second kappa shape index (κ2) is 9.73. The van der Waals surface area contributed by atoms with Crippen molar-refractivity contribution in [2.75, 3.05) is 20.1 Å². The van der Waals surface area contributed by atoms with Crippen molar-refractivity contribution in [1.82, 2.24) is 10.2 Å². The van der Waals surface area contributed by atoms with Gasteiger partial charge in [-0.05, 0) is 87.4 Å². The van der Waals surface area contributed by atoms with Gasteiger partial charge >= 0.3 is 12.1 Å². The molecule has 3 N–H and O–H groups in total. The van der Waals surface area contributed by atoms with Crippen molar-refractivity contribution >= 4 is 18.0 Å². The zero-order valence-electron chi connectivity index (χ0n) is 23.2. The Kier molecular flexibility index (Phi) is 7.04. The van der Waals surface area contributed by atoms with E-state index in [-0.39, 0.29) is 52.8 Å². The molecule has 2 amide bonds. The number of hydrogen-bond donors (Lipinski definition) is 2. The number of nitrogens with one attached hydrogen (secondary N) is 1. The van der Waals surface area contributed by atoms with Gasteiger partial charge in [-0.15, -0.1) is 0 Å². The van der Waals surface area contributed by atoms with Crippen LogP contribution < -0.4 is 11.1 Å². The SMILES string of the molecule is CNC(=O)C1CC[C@@]2(N)[C@@H]3CCC4CC(OC(C)=O)CC(OC(=O)N5CCCCC5)[C@]4(C)[C@@H]3CC[C@]12C. The van der Waals surface area contributed by atoms with Gasteiger partial charge in [-0.25, -0.2) is 4.79 Å². The van der Waals surface area contributed by atoms with Gasteiger partial charge in [-0.3, -0.25) is 9.59 Å². The van der Waals surface area contributed by atoms with Crippen LogP contribution in [-0.2, 0) is 19.1 Å². The van der Waals surface area contributed by atoms with Crippen molar-refractivity contribution in [1.29, 1.82) is 0 Å². The highest BCUT2D eigenvalue weighted by Crippen LogP contribution is 2.68. The van der Waals surface area contributed by atoms with E-state index in [9.17, 15) is 14.4 Å². The van der Waals surface area contributed by atoms with Crippen LogP contribution in [0, 0.1) is 34.5 Å². The summed E-state index contributed by atoms with van der Waals surface area (Å²) in [5.74, 6) is 0.678. The summed E-state index contributed by atoms with van der Waals surface area (Å²) >= 11 is 0. The first-order valence-corrected chi connectivity index (χ1v) is 14.7. The molecule has 1 aliphatic heterocycles. The largest absolute Gasteiger partial charge is 0.462 e. The molecule has 4 unspecified atom stereocenters. The minimum absolute atomic E-state index is 0.0543. The third kappa shape index (κ3) is 4.16. The predicted molar refractivity (Wildman–Crippen MR) is 139 cm³/mol. The molecule has 5 rings (SSSR count). The van der Waals surface area contributed by atoms with E-state index in [1.54, 1.807) is 7.05 Å². The predicted octanol–water partition coefficient (Wildman–Crippen LogP) is 4.01. The molecule has 4 aliphatic carbocycles. The minimum atomic E-state index is -0.408. The highest BCUT2D eigenvalue weighted by atomic mass is 16.6. The fourth-order valence-electron chi connectivity index (χ4n) is 9.69. The molecular weight excluding hydrogens is 470 g/mol. The molecular formula is C29H47N3O5. The smallest absolute Gasteiger partial charge is 0.410 e. The van der Waals surface area contributed by atoms with Gasteiger partial charge in [0.15, 0.2) is 0 Å². The topological polar surface area (TPSA) is 111 Å². The number of likely N-dealkylation sites (tertiary alicyclic amines) is 1. The second-order valence-corrected chi connectivity index (χ2v) is 13.2. The fraction of sp³-hybridized carbons (Fsp3) is 0.897. The lowest BCUT2D eigenvalue weighted by Gasteiger charge is -2.65. The first-order valence-electron chi connectivity index (χ1n) is 14.7. The normalized spacial score (nSPS) is 45.2. The molecule has 0 aromatic heterocycles. The quantitative estimate of drug-likeness (QED) is 0.548. The molecule has 5 aliphatic rings. The Bertz CT molecular complexity index is 921. The number of carbonyl (C=O) groups is 3. The molecule has 1 heterocycles. The zero-order valence-corrected chi connectivity index (χ0v) is 23.2.